The first-order valence-electron chi connectivity index (χ1n) is 8.33. The third-order valence-electron chi connectivity index (χ3n) is 4.05. The fraction of sp³-hybridized carbons (Fsp3) is 0.300. The number of carbonyl (C=O) groups excluding carboxylic acids is 2. The summed E-state index contributed by atoms with van der Waals surface area (Å²) >= 11 is 0. The number of rotatable bonds is 8. The average molecular weight is 373 g/mol. The molecule has 0 saturated heterocycles. The molecule has 0 aromatic heterocycles. The van der Waals surface area contributed by atoms with Crippen molar-refractivity contribution in [1.82, 2.24) is 5.32 Å². The highest BCUT2D eigenvalue weighted by Gasteiger charge is 2.34. The number of likely N-dealkylation sites (N-methyl/N-ethyl adjacent to an activating group) is 1. The summed E-state index contributed by atoms with van der Waals surface area (Å²) in [6, 6.07) is 12.1. The van der Waals surface area contributed by atoms with Gasteiger partial charge in [-0.2, -0.15) is 0 Å². The number of ether oxygens (including phenoxy) is 3. The van der Waals surface area contributed by atoms with Crippen molar-refractivity contribution < 1.29 is 28.9 Å². The molecule has 7 heteroatoms. The monoisotopic (exact) mass is 373 g/mol. The average Bonchev–Trinajstić information content (AvgIpc) is 2.68. The summed E-state index contributed by atoms with van der Waals surface area (Å²) in [5.41, 5.74) is 1.48. The molecule has 0 aliphatic carbocycles. The van der Waals surface area contributed by atoms with E-state index >= 15 is 0 Å². The first-order valence-corrected chi connectivity index (χ1v) is 8.33. The number of esters is 2. The van der Waals surface area contributed by atoms with E-state index in [1.165, 1.54) is 26.4 Å². The molecule has 2 aromatic carbocycles. The molecule has 0 aliphatic rings. The Hall–Kier alpha value is -2.90. The number of carbonyl (C=O) groups is 2. The van der Waals surface area contributed by atoms with E-state index < -0.39 is 24.1 Å². The summed E-state index contributed by atoms with van der Waals surface area (Å²) < 4.78 is 15.7. The maximum Gasteiger partial charge on any atom is 0.338 e. The van der Waals surface area contributed by atoms with Gasteiger partial charge in [-0.1, -0.05) is 24.3 Å². The Bertz CT molecular complexity index is 777. The number of benzene rings is 2. The van der Waals surface area contributed by atoms with Crippen LogP contribution in [0, 0.1) is 0 Å². The van der Waals surface area contributed by atoms with Crippen molar-refractivity contribution in [2.45, 2.75) is 18.8 Å². The predicted octanol–water partition coefficient (Wildman–Crippen LogP) is 2.20. The normalized spacial score (nSPS) is 12.9. The Morgan fingerprint density at radius 3 is 2.41 bits per heavy atom. The van der Waals surface area contributed by atoms with Crippen LogP contribution in [0.5, 0.6) is 5.75 Å². The van der Waals surface area contributed by atoms with Crippen LogP contribution in [0.2, 0.25) is 0 Å². The molecule has 144 valence electrons. The van der Waals surface area contributed by atoms with E-state index in [1.807, 2.05) is 0 Å². The molecule has 0 fully saturated rings. The summed E-state index contributed by atoms with van der Waals surface area (Å²) in [5, 5.41) is 12.6. The molecule has 0 bridgehead atoms. The third-order valence-corrected chi connectivity index (χ3v) is 4.05. The first-order chi connectivity index (χ1) is 13.0. The zero-order chi connectivity index (χ0) is 19.8. The summed E-state index contributed by atoms with van der Waals surface area (Å²) in [7, 11) is 4.34. The molecule has 0 aliphatic heterocycles. The molecule has 0 amide bonds. The summed E-state index contributed by atoms with van der Waals surface area (Å²) in [6.45, 7) is 0.167. The van der Waals surface area contributed by atoms with Gasteiger partial charge in [0.05, 0.1) is 19.3 Å². The SMILES string of the molecule is CN[C@H](C(=O)OC)C(OC(=O)c1ccccc1)c1ccc(O)cc1COC. The first kappa shape index (κ1) is 20.4. The maximum atomic E-state index is 12.6. The summed E-state index contributed by atoms with van der Waals surface area (Å²) in [4.78, 5) is 24.9. The Balaban J connectivity index is 2.47. The fourth-order valence-corrected chi connectivity index (χ4v) is 2.74. The van der Waals surface area contributed by atoms with Crippen molar-refractivity contribution in [3.05, 3.63) is 65.2 Å². The molecule has 2 aromatic rings. The maximum absolute atomic E-state index is 12.6. The smallest absolute Gasteiger partial charge is 0.338 e. The molecule has 2 rings (SSSR count). The van der Waals surface area contributed by atoms with Gasteiger partial charge in [0, 0.05) is 12.7 Å². The predicted molar refractivity (Wildman–Crippen MR) is 98.3 cm³/mol. The van der Waals surface area contributed by atoms with Gasteiger partial charge in [-0.15, -0.1) is 0 Å². The van der Waals surface area contributed by atoms with Crippen LogP contribution in [0.15, 0.2) is 48.5 Å². The largest absolute Gasteiger partial charge is 0.508 e. The van der Waals surface area contributed by atoms with E-state index in [9.17, 15) is 14.7 Å². The van der Waals surface area contributed by atoms with Crippen LogP contribution in [-0.4, -0.2) is 44.4 Å². The van der Waals surface area contributed by atoms with E-state index in [-0.39, 0.29) is 12.4 Å². The minimum Gasteiger partial charge on any atom is -0.508 e. The van der Waals surface area contributed by atoms with Gasteiger partial charge < -0.3 is 24.6 Å². The molecule has 7 nitrogen and oxygen atoms in total. The van der Waals surface area contributed by atoms with Gasteiger partial charge in [0.1, 0.15) is 11.8 Å². The van der Waals surface area contributed by atoms with Gasteiger partial charge in [0.2, 0.25) is 0 Å². The molecule has 2 N–H and O–H groups in total. The van der Waals surface area contributed by atoms with Gasteiger partial charge in [-0.25, -0.2) is 4.79 Å². The van der Waals surface area contributed by atoms with Crippen molar-refractivity contribution in [2.24, 2.45) is 0 Å². The summed E-state index contributed by atoms with van der Waals surface area (Å²) in [6.07, 6.45) is -0.985. The Morgan fingerprint density at radius 2 is 1.81 bits per heavy atom. The molecular formula is C20H23NO6. The van der Waals surface area contributed by atoms with Gasteiger partial charge in [0.25, 0.3) is 0 Å². The number of nitrogens with one attached hydrogen (secondary N) is 1. The number of hydrogen-bond acceptors (Lipinski definition) is 7. The fourth-order valence-electron chi connectivity index (χ4n) is 2.74. The van der Waals surface area contributed by atoms with Crippen molar-refractivity contribution in [1.29, 1.82) is 0 Å². The number of hydrogen-bond donors (Lipinski definition) is 2. The lowest BCUT2D eigenvalue weighted by Gasteiger charge is -2.27. The van der Waals surface area contributed by atoms with Crippen LogP contribution in [-0.2, 0) is 25.6 Å². The van der Waals surface area contributed by atoms with E-state index in [0.717, 1.165) is 0 Å². The number of phenolic OH excluding ortho intramolecular Hbond substituents is 1. The highest BCUT2D eigenvalue weighted by atomic mass is 16.6. The quantitative estimate of drug-likeness (QED) is 0.685. The lowest BCUT2D eigenvalue weighted by Crippen LogP contribution is -2.42. The lowest BCUT2D eigenvalue weighted by molar-refractivity contribution is -0.146. The molecule has 0 radical (unpaired) electrons. The van der Waals surface area contributed by atoms with Crippen LogP contribution in [0.3, 0.4) is 0 Å². The van der Waals surface area contributed by atoms with Gasteiger partial charge >= 0.3 is 11.9 Å². The van der Waals surface area contributed by atoms with Crippen LogP contribution >= 0.6 is 0 Å². The molecular weight excluding hydrogens is 350 g/mol. The van der Waals surface area contributed by atoms with E-state index in [0.29, 0.717) is 16.7 Å². The van der Waals surface area contributed by atoms with Crippen molar-refractivity contribution >= 4 is 11.9 Å². The number of phenols is 1. The van der Waals surface area contributed by atoms with Gasteiger partial charge in [-0.05, 0) is 36.9 Å². The molecule has 2 atom stereocenters. The second-order valence-electron chi connectivity index (χ2n) is 5.80. The molecule has 0 spiro atoms. The second-order valence-corrected chi connectivity index (χ2v) is 5.80. The standard InChI is InChI=1S/C20H23NO6/c1-21-17(20(24)26-3)18(27-19(23)13-7-5-4-6-8-13)16-10-9-15(22)11-14(16)12-25-2/h4-11,17-18,21-22H,12H2,1-3H3/t17-,18?/m0/s1. The minimum atomic E-state index is -0.985. The highest BCUT2D eigenvalue weighted by molar-refractivity contribution is 5.90. The molecule has 0 saturated carbocycles. The molecule has 0 heterocycles. The lowest BCUT2D eigenvalue weighted by atomic mass is 9.96. The Labute approximate surface area is 157 Å². The van der Waals surface area contributed by atoms with Crippen LogP contribution < -0.4 is 5.32 Å². The van der Waals surface area contributed by atoms with Crippen LogP contribution in [0.25, 0.3) is 0 Å². The van der Waals surface area contributed by atoms with Crippen LogP contribution in [0.4, 0.5) is 0 Å². The van der Waals surface area contributed by atoms with Crippen molar-refractivity contribution in [3.8, 4) is 5.75 Å². The second kappa shape index (κ2) is 9.70. The Kier molecular flexibility index (Phi) is 7.34. The van der Waals surface area contributed by atoms with Gasteiger partial charge in [-0.3, -0.25) is 4.79 Å². The van der Waals surface area contributed by atoms with Crippen molar-refractivity contribution in [3.63, 3.8) is 0 Å². The van der Waals surface area contributed by atoms with Crippen molar-refractivity contribution in [2.75, 3.05) is 21.3 Å². The minimum absolute atomic E-state index is 0.0398. The van der Waals surface area contributed by atoms with E-state index in [1.54, 1.807) is 43.4 Å². The van der Waals surface area contributed by atoms with Gasteiger partial charge in [0.15, 0.2) is 6.10 Å². The van der Waals surface area contributed by atoms with Crippen LogP contribution in [0.1, 0.15) is 27.6 Å². The highest BCUT2D eigenvalue weighted by Crippen LogP contribution is 2.30. The molecule has 27 heavy (non-hydrogen) atoms. The van der Waals surface area contributed by atoms with E-state index in [4.69, 9.17) is 14.2 Å². The zero-order valence-corrected chi connectivity index (χ0v) is 15.5. The topological polar surface area (TPSA) is 94.1 Å². The third kappa shape index (κ3) is 5.06. The number of aromatic hydroxyl groups is 1. The Morgan fingerprint density at radius 1 is 1.11 bits per heavy atom. The zero-order valence-electron chi connectivity index (χ0n) is 15.5. The number of methoxy groups -OCH3 is 2. The summed E-state index contributed by atoms with van der Waals surface area (Å²) in [5.74, 6) is -1.13. The molecule has 1 unspecified atom stereocenters. The van der Waals surface area contributed by atoms with E-state index in [2.05, 4.69) is 5.32 Å².